The molecule has 0 saturated heterocycles. The first-order chi connectivity index (χ1) is 15.0. The second kappa shape index (κ2) is 8.83. The van der Waals surface area contributed by atoms with Gasteiger partial charge in [0.15, 0.2) is 5.82 Å². The Morgan fingerprint density at radius 1 is 0.968 bits per heavy atom. The summed E-state index contributed by atoms with van der Waals surface area (Å²) in [6, 6.07) is 23.5. The Morgan fingerprint density at radius 3 is 2.35 bits per heavy atom. The molecule has 4 aromatic rings. The SMILES string of the molecule is CCOc1nc(-c2ccc(C)cc2)n(-c2ccc(NC(=O)c3ccccc3C)cc2)n1. The highest BCUT2D eigenvalue weighted by molar-refractivity contribution is 6.05. The fourth-order valence-electron chi connectivity index (χ4n) is 3.27. The van der Waals surface area contributed by atoms with Crippen molar-refractivity contribution in [3.63, 3.8) is 0 Å². The van der Waals surface area contributed by atoms with Crippen LogP contribution in [0, 0.1) is 13.8 Å². The second-order valence-corrected chi connectivity index (χ2v) is 7.24. The van der Waals surface area contributed by atoms with E-state index in [0.29, 0.717) is 29.7 Å². The minimum absolute atomic E-state index is 0.134. The molecule has 0 unspecified atom stereocenters. The molecule has 6 nitrogen and oxygen atoms in total. The van der Waals surface area contributed by atoms with E-state index in [-0.39, 0.29) is 5.91 Å². The van der Waals surface area contributed by atoms with Gasteiger partial charge in [-0.3, -0.25) is 4.79 Å². The summed E-state index contributed by atoms with van der Waals surface area (Å²) in [5, 5.41) is 7.46. The van der Waals surface area contributed by atoms with Gasteiger partial charge in [-0.05, 0) is 56.7 Å². The standard InChI is InChI=1S/C25H24N4O2/c1-4-31-25-27-23(19-11-9-17(2)10-12-19)29(28-25)21-15-13-20(14-16-21)26-24(30)22-8-6-5-7-18(22)3/h5-16H,4H2,1-3H3,(H,26,30). The summed E-state index contributed by atoms with van der Waals surface area (Å²) < 4.78 is 7.28. The van der Waals surface area contributed by atoms with E-state index >= 15 is 0 Å². The molecule has 1 N–H and O–H groups in total. The first-order valence-corrected chi connectivity index (χ1v) is 10.2. The van der Waals surface area contributed by atoms with Crippen molar-refractivity contribution in [2.75, 3.05) is 11.9 Å². The van der Waals surface area contributed by atoms with Crippen molar-refractivity contribution in [1.82, 2.24) is 14.8 Å². The molecule has 3 aromatic carbocycles. The number of benzene rings is 3. The average Bonchev–Trinajstić information content (AvgIpc) is 3.19. The number of carbonyl (C=O) groups is 1. The van der Waals surface area contributed by atoms with Gasteiger partial charge in [-0.2, -0.15) is 4.98 Å². The highest BCUT2D eigenvalue weighted by Gasteiger charge is 2.15. The van der Waals surface area contributed by atoms with Crippen molar-refractivity contribution in [2.45, 2.75) is 20.8 Å². The number of hydrogen-bond donors (Lipinski definition) is 1. The number of aromatic nitrogens is 3. The number of aryl methyl sites for hydroxylation is 2. The van der Waals surface area contributed by atoms with E-state index in [4.69, 9.17) is 4.74 Å². The third-order valence-electron chi connectivity index (χ3n) is 4.93. The predicted octanol–water partition coefficient (Wildman–Crippen LogP) is 5.20. The van der Waals surface area contributed by atoms with Gasteiger partial charge in [0, 0.05) is 16.8 Å². The summed E-state index contributed by atoms with van der Waals surface area (Å²) >= 11 is 0. The number of amides is 1. The third kappa shape index (κ3) is 4.48. The molecular weight excluding hydrogens is 388 g/mol. The zero-order chi connectivity index (χ0) is 21.8. The molecule has 0 fully saturated rings. The van der Waals surface area contributed by atoms with Crippen molar-refractivity contribution in [3.8, 4) is 23.1 Å². The van der Waals surface area contributed by atoms with Crippen LogP contribution in [0.5, 0.6) is 6.01 Å². The molecule has 0 spiro atoms. The van der Waals surface area contributed by atoms with E-state index in [9.17, 15) is 4.79 Å². The largest absolute Gasteiger partial charge is 0.463 e. The van der Waals surface area contributed by atoms with Gasteiger partial charge in [0.2, 0.25) is 0 Å². The molecule has 0 saturated carbocycles. The van der Waals surface area contributed by atoms with Crippen molar-refractivity contribution in [3.05, 3.63) is 89.5 Å². The number of anilines is 1. The molecule has 0 radical (unpaired) electrons. The van der Waals surface area contributed by atoms with E-state index in [0.717, 1.165) is 16.8 Å². The monoisotopic (exact) mass is 412 g/mol. The minimum atomic E-state index is -0.134. The van der Waals surface area contributed by atoms with Gasteiger partial charge in [-0.1, -0.05) is 48.0 Å². The van der Waals surface area contributed by atoms with Gasteiger partial charge in [0.1, 0.15) is 0 Å². The lowest BCUT2D eigenvalue weighted by Gasteiger charge is -2.09. The van der Waals surface area contributed by atoms with Crippen molar-refractivity contribution < 1.29 is 9.53 Å². The topological polar surface area (TPSA) is 69.0 Å². The summed E-state index contributed by atoms with van der Waals surface area (Å²) in [7, 11) is 0. The van der Waals surface area contributed by atoms with Gasteiger partial charge < -0.3 is 10.1 Å². The van der Waals surface area contributed by atoms with Crippen LogP contribution in [0.1, 0.15) is 28.4 Å². The van der Waals surface area contributed by atoms with Crippen molar-refractivity contribution >= 4 is 11.6 Å². The molecule has 156 valence electrons. The Balaban J connectivity index is 1.62. The molecule has 1 heterocycles. The molecular formula is C25H24N4O2. The third-order valence-corrected chi connectivity index (χ3v) is 4.93. The maximum Gasteiger partial charge on any atom is 0.336 e. The number of hydrogen-bond acceptors (Lipinski definition) is 4. The van der Waals surface area contributed by atoms with Gasteiger partial charge in [-0.25, -0.2) is 4.68 Å². The maximum atomic E-state index is 12.6. The molecule has 0 aliphatic carbocycles. The minimum Gasteiger partial charge on any atom is -0.463 e. The lowest BCUT2D eigenvalue weighted by Crippen LogP contribution is -2.13. The van der Waals surface area contributed by atoms with Gasteiger partial charge in [0.05, 0.1) is 12.3 Å². The number of carbonyl (C=O) groups excluding carboxylic acids is 1. The van der Waals surface area contributed by atoms with Gasteiger partial charge in [0.25, 0.3) is 5.91 Å². The Morgan fingerprint density at radius 2 is 1.68 bits per heavy atom. The van der Waals surface area contributed by atoms with Crippen LogP contribution in [0.4, 0.5) is 5.69 Å². The average molecular weight is 412 g/mol. The normalized spacial score (nSPS) is 10.7. The molecule has 0 aliphatic rings. The van der Waals surface area contributed by atoms with Crippen LogP contribution in [-0.2, 0) is 0 Å². The first-order valence-electron chi connectivity index (χ1n) is 10.2. The van der Waals surface area contributed by atoms with Crippen LogP contribution in [0.3, 0.4) is 0 Å². The predicted molar refractivity (Wildman–Crippen MR) is 122 cm³/mol. The van der Waals surface area contributed by atoms with E-state index in [1.807, 2.05) is 93.6 Å². The summed E-state index contributed by atoms with van der Waals surface area (Å²) in [6.07, 6.45) is 0. The molecule has 0 bridgehead atoms. The molecule has 0 aliphatic heterocycles. The summed E-state index contributed by atoms with van der Waals surface area (Å²) in [4.78, 5) is 17.1. The number of ether oxygens (including phenoxy) is 1. The smallest absolute Gasteiger partial charge is 0.336 e. The van der Waals surface area contributed by atoms with Crippen molar-refractivity contribution in [1.29, 1.82) is 0 Å². The second-order valence-electron chi connectivity index (χ2n) is 7.24. The Labute approximate surface area is 181 Å². The quantitative estimate of drug-likeness (QED) is 0.472. The summed E-state index contributed by atoms with van der Waals surface area (Å²) in [5.74, 6) is 0.561. The first kappa shape index (κ1) is 20.3. The zero-order valence-corrected chi connectivity index (χ0v) is 17.8. The van der Waals surface area contributed by atoms with E-state index < -0.39 is 0 Å². The van der Waals surface area contributed by atoms with Crippen LogP contribution >= 0.6 is 0 Å². The van der Waals surface area contributed by atoms with Crippen LogP contribution in [-0.4, -0.2) is 27.3 Å². The number of nitrogens with one attached hydrogen (secondary N) is 1. The Hall–Kier alpha value is -3.93. The molecule has 4 rings (SSSR count). The zero-order valence-electron chi connectivity index (χ0n) is 17.8. The van der Waals surface area contributed by atoms with E-state index in [2.05, 4.69) is 15.4 Å². The Kier molecular flexibility index (Phi) is 5.80. The van der Waals surface area contributed by atoms with Crippen LogP contribution in [0.25, 0.3) is 17.1 Å². The number of nitrogens with zero attached hydrogens (tertiary/aromatic N) is 3. The van der Waals surface area contributed by atoms with Crippen LogP contribution in [0.15, 0.2) is 72.8 Å². The van der Waals surface area contributed by atoms with E-state index in [1.165, 1.54) is 5.56 Å². The highest BCUT2D eigenvalue weighted by Crippen LogP contribution is 2.25. The maximum absolute atomic E-state index is 12.6. The fourth-order valence-corrected chi connectivity index (χ4v) is 3.27. The Bertz CT molecular complexity index is 1200. The number of rotatable bonds is 6. The molecule has 1 amide bonds. The van der Waals surface area contributed by atoms with Gasteiger partial charge >= 0.3 is 6.01 Å². The molecule has 0 atom stereocenters. The van der Waals surface area contributed by atoms with Gasteiger partial charge in [-0.15, -0.1) is 5.10 Å². The lowest BCUT2D eigenvalue weighted by molar-refractivity contribution is 0.102. The summed E-state index contributed by atoms with van der Waals surface area (Å²) in [6.45, 7) is 6.36. The van der Waals surface area contributed by atoms with Crippen LogP contribution in [0.2, 0.25) is 0 Å². The van der Waals surface area contributed by atoms with E-state index in [1.54, 1.807) is 4.68 Å². The lowest BCUT2D eigenvalue weighted by atomic mass is 10.1. The molecule has 1 aromatic heterocycles. The van der Waals surface area contributed by atoms with Crippen molar-refractivity contribution in [2.24, 2.45) is 0 Å². The molecule has 31 heavy (non-hydrogen) atoms. The summed E-state index contributed by atoms with van der Waals surface area (Å²) in [5.41, 5.74) is 5.24. The van der Waals surface area contributed by atoms with Crippen LogP contribution < -0.4 is 10.1 Å². The molecule has 6 heteroatoms. The highest BCUT2D eigenvalue weighted by atomic mass is 16.5. The fraction of sp³-hybridized carbons (Fsp3) is 0.160.